The maximum atomic E-state index is 11.7. The molecule has 3 heteroatoms. The first-order valence-corrected chi connectivity index (χ1v) is 4.96. The van der Waals surface area contributed by atoms with Gasteiger partial charge in [0.25, 0.3) is 0 Å². The molecule has 3 nitrogen and oxygen atoms in total. The van der Waals surface area contributed by atoms with Gasteiger partial charge in [-0.05, 0) is 11.5 Å². The van der Waals surface area contributed by atoms with Crippen LogP contribution in [0.15, 0.2) is 30.3 Å². The van der Waals surface area contributed by atoms with Crippen LogP contribution in [0.5, 0.6) is 0 Å². The van der Waals surface area contributed by atoms with E-state index in [1.165, 1.54) is 7.11 Å². The summed E-state index contributed by atoms with van der Waals surface area (Å²) in [7, 11) is 1.36. The van der Waals surface area contributed by atoms with E-state index >= 15 is 0 Å². The largest absolute Gasteiger partial charge is 0.467 e. The van der Waals surface area contributed by atoms with Crippen molar-refractivity contribution in [1.82, 2.24) is 0 Å². The van der Waals surface area contributed by atoms with Crippen molar-refractivity contribution in [3.05, 3.63) is 35.9 Å². The number of carbonyl (C=O) groups is 1. The van der Waals surface area contributed by atoms with Gasteiger partial charge in [0.1, 0.15) is 5.54 Å². The molecule has 1 unspecified atom stereocenters. The Morgan fingerprint density at radius 2 is 1.87 bits per heavy atom. The number of esters is 1. The second-order valence-electron chi connectivity index (χ2n) is 3.88. The third kappa shape index (κ3) is 2.02. The molecule has 0 fully saturated rings. The fraction of sp³-hybridized carbons (Fsp3) is 0.417. The molecule has 1 aromatic carbocycles. The molecule has 0 bridgehead atoms. The van der Waals surface area contributed by atoms with Crippen LogP contribution in [-0.4, -0.2) is 13.1 Å². The molecule has 0 saturated carbocycles. The molecule has 1 atom stereocenters. The van der Waals surface area contributed by atoms with Gasteiger partial charge in [-0.1, -0.05) is 44.2 Å². The fourth-order valence-electron chi connectivity index (χ4n) is 1.57. The molecule has 0 radical (unpaired) electrons. The summed E-state index contributed by atoms with van der Waals surface area (Å²) < 4.78 is 4.77. The van der Waals surface area contributed by atoms with Crippen LogP contribution in [0.25, 0.3) is 0 Å². The van der Waals surface area contributed by atoms with E-state index in [4.69, 9.17) is 10.5 Å². The molecule has 1 rings (SSSR count). The Morgan fingerprint density at radius 1 is 1.33 bits per heavy atom. The summed E-state index contributed by atoms with van der Waals surface area (Å²) in [6, 6.07) is 9.31. The van der Waals surface area contributed by atoms with E-state index in [2.05, 4.69) is 0 Å². The zero-order chi connectivity index (χ0) is 11.5. The van der Waals surface area contributed by atoms with Gasteiger partial charge in [0, 0.05) is 0 Å². The molecule has 0 saturated heterocycles. The first kappa shape index (κ1) is 11.7. The molecule has 15 heavy (non-hydrogen) atoms. The lowest BCUT2D eigenvalue weighted by molar-refractivity contribution is -0.149. The lowest BCUT2D eigenvalue weighted by Gasteiger charge is -2.30. The molecule has 82 valence electrons. The molecule has 0 aromatic heterocycles. The number of rotatable bonds is 3. The van der Waals surface area contributed by atoms with Crippen molar-refractivity contribution in [2.24, 2.45) is 11.7 Å². The summed E-state index contributed by atoms with van der Waals surface area (Å²) in [5, 5.41) is 0. The molecular formula is C12H17NO2. The first-order valence-electron chi connectivity index (χ1n) is 4.96. The Morgan fingerprint density at radius 3 is 2.27 bits per heavy atom. The van der Waals surface area contributed by atoms with E-state index in [0.29, 0.717) is 0 Å². The second-order valence-corrected chi connectivity index (χ2v) is 3.88. The number of ether oxygens (including phenoxy) is 1. The first-order chi connectivity index (χ1) is 7.03. The Hall–Kier alpha value is -1.35. The van der Waals surface area contributed by atoms with Crippen molar-refractivity contribution in [2.75, 3.05) is 7.11 Å². The Bertz CT molecular complexity index is 335. The third-order valence-electron chi connectivity index (χ3n) is 2.69. The van der Waals surface area contributed by atoms with E-state index in [1.807, 2.05) is 44.2 Å². The average molecular weight is 207 g/mol. The van der Waals surface area contributed by atoms with Crippen LogP contribution in [0.1, 0.15) is 19.4 Å². The van der Waals surface area contributed by atoms with Crippen LogP contribution in [0.4, 0.5) is 0 Å². The van der Waals surface area contributed by atoms with Crippen molar-refractivity contribution >= 4 is 5.97 Å². The number of hydrogen-bond acceptors (Lipinski definition) is 3. The second kappa shape index (κ2) is 4.45. The summed E-state index contributed by atoms with van der Waals surface area (Å²) in [5.41, 5.74) is 5.87. The van der Waals surface area contributed by atoms with E-state index < -0.39 is 11.5 Å². The summed E-state index contributed by atoms with van der Waals surface area (Å²) in [6.07, 6.45) is 0. The van der Waals surface area contributed by atoms with Crippen LogP contribution in [0, 0.1) is 5.92 Å². The number of nitrogens with two attached hydrogens (primary N) is 1. The molecule has 0 aliphatic carbocycles. The molecule has 0 heterocycles. The Balaban J connectivity index is 3.19. The maximum Gasteiger partial charge on any atom is 0.330 e. The molecule has 2 N–H and O–H groups in total. The summed E-state index contributed by atoms with van der Waals surface area (Å²) in [6.45, 7) is 3.81. The van der Waals surface area contributed by atoms with Crippen LogP contribution in [0.2, 0.25) is 0 Å². The van der Waals surface area contributed by atoms with E-state index in [-0.39, 0.29) is 5.92 Å². The summed E-state index contributed by atoms with van der Waals surface area (Å²) in [5.74, 6) is -0.420. The van der Waals surface area contributed by atoms with E-state index in [1.54, 1.807) is 0 Å². The van der Waals surface area contributed by atoms with Crippen LogP contribution in [-0.2, 0) is 15.1 Å². The highest BCUT2D eigenvalue weighted by molar-refractivity contribution is 5.82. The average Bonchev–Trinajstić information content (AvgIpc) is 2.27. The number of benzene rings is 1. The fourth-order valence-corrected chi connectivity index (χ4v) is 1.57. The van der Waals surface area contributed by atoms with Gasteiger partial charge in [0.15, 0.2) is 0 Å². The zero-order valence-electron chi connectivity index (χ0n) is 9.36. The number of carbonyl (C=O) groups excluding carboxylic acids is 1. The van der Waals surface area contributed by atoms with Gasteiger partial charge in [-0.2, -0.15) is 0 Å². The highest BCUT2D eigenvalue weighted by Crippen LogP contribution is 2.27. The van der Waals surface area contributed by atoms with Gasteiger partial charge in [-0.15, -0.1) is 0 Å². The standard InChI is InChI=1S/C12H17NO2/c1-9(2)12(13,11(14)15-3)10-7-5-4-6-8-10/h4-9H,13H2,1-3H3. The maximum absolute atomic E-state index is 11.7. The van der Waals surface area contributed by atoms with E-state index in [9.17, 15) is 4.79 Å². The van der Waals surface area contributed by atoms with Crippen molar-refractivity contribution < 1.29 is 9.53 Å². The molecular weight excluding hydrogens is 190 g/mol. The van der Waals surface area contributed by atoms with Crippen molar-refractivity contribution in [3.63, 3.8) is 0 Å². The van der Waals surface area contributed by atoms with Gasteiger partial charge in [-0.3, -0.25) is 0 Å². The normalized spacial score (nSPS) is 14.7. The summed E-state index contributed by atoms with van der Waals surface area (Å²) >= 11 is 0. The van der Waals surface area contributed by atoms with Crippen LogP contribution >= 0.6 is 0 Å². The predicted molar refractivity (Wildman–Crippen MR) is 59.2 cm³/mol. The summed E-state index contributed by atoms with van der Waals surface area (Å²) in [4.78, 5) is 11.7. The van der Waals surface area contributed by atoms with Gasteiger partial charge in [0.05, 0.1) is 7.11 Å². The minimum atomic E-state index is -1.06. The quantitative estimate of drug-likeness (QED) is 0.767. The van der Waals surface area contributed by atoms with Crippen molar-refractivity contribution in [2.45, 2.75) is 19.4 Å². The van der Waals surface area contributed by atoms with Crippen LogP contribution < -0.4 is 5.73 Å². The smallest absolute Gasteiger partial charge is 0.330 e. The lowest BCUT2D eigenvalue weighted by atomic mass is 9.81. The molecule has 0 aliphatic rings. The SMILES string of the molecule is COC(=O)C(N)(c1ccccc1)C(C)C. The minimum absolute atomic E-state index is 0.0210. The molecule has 0 spiro atoms. The van der Waals surface area contributed by atoms with Gasteiger partial charge in [-0.25, -0.2) is 4.79 Å². The minimum Gasteiger partial charge on any atom is -0.467 e. The Labute approximate surface area is 90.2 Å². The third-order valence-corrected chi connectivity index (χ3v) is 2.69. The number of methoxy groups -OCH3 is 1. The van der Waals surface area contributed by atoms with Crippen LogP contribution in [0.3, 0.4) is 0 Å². The zero-order valence-corrected chi connectivity index (χ0v) is 9.36. The topological polar surface area (TPSA) is 52.3 Å². The molecule has 0 amide bonds. The van der Waals surface area contributed by atoms with Gasteiger partial charge >= 0.3 is 5.97 Å². The highest BCUT2D eigenvalue weighted by atomic mass is 16.5. The molecule has 1 aromatic rings. The van der Waals surface area contributed by atoms with E-state index in [0.717, 1.165) is 5.56 Å². The van der Waals surface area contributed by atoms with Gasteiger partial charge in [0.2, 0.25) is 0 Å². The number of hydrogen-bond donors (Lipinski definition) is 1. The lowest BCUT2D eigenvalue weighted by Crippen LogP contribution is -2.50. The van der Waals surface area contributed by atoms with Crippen molar-refractivity contribution in [3.8, 4) is 0 Å². The molecule has 0 aliphatic heterocycles. The highest BCUT2D eigenvalue weighted by Gasteiger charge is 2.40. The van der Waals surface area contributed by atoms with Gasteiger partial charge < -0.3 is 10.5 Å². The predicted octanol–water partition coefficient (Wildman–Crippen LogP) is 1.67. The Kier molecular flexibility index (Phi) is 3.48. The van der Waals surface area contributed by atoms with Crippen molar-refractivity contribution in [1.29, 1.82) is 0 Å². The monoisotopic (exact) mass is 207 g/mol.